The SMILES string of the molecule is CC(C)C(C)NC(=O)c1ccc([N+](=O)[O-])c(Cl)c1. The van der Waals surface area contributed by atoms with E-state index in [4.69, 9.17) is 11.6 Å². The Morgan fingerprint density at radius 1 is 1.39 bits per heavy atom. The maximum atomic E-state index is 11.9. The lowest BCUT2D eigenvalue weighted by molar-refractivity contribution is -0.384. The maximum Gasteiger partial charge on any atom is 0.287 e. The van der Waals surface area contributed by atoms with E-state index in [1.54, 1.807) is 0 Å². The van der Waals surface area contributed by atoms with Crippen LogP contribution in [0.3, 0.4) is 0 Å². The van der Waals surface area contributed by atoms with Crippen LogP contribution in [0.5, 0.6) is 0 Å². The molecule has 0 heterocycles. The van der Waals surface area contributed by atoms with Gasteiger partial charge in [0.25, 0.3) is 11.6 Å². The maximum absolute atomic E-state index is 11.9. The molecule has 0 aliphatic carbocycles. The first-order valence-electron chi connectivity index (χ1n) is 5.57. The Labute approximate surface area is 110 Å². The van der Waals surface area contributed by atoms with Crippen molar-refractivity contribution in [2.24, 2.45) is 5.92 Å². The predicted octanol–water partition coefficient (Wildman–Crippen LogP) is 3.02. The van der Waals surface area contributed by atoms with Crippen LogP contribution in [0, 0.1) is 16.0 Å². The zero-order valence-electron chi connectivity index (χ0n) is 10.4. The highest BCUT2D eigenvalue weighted by Gasteiger charge is 2.17. The Kier molecular flexibility index (Phi) is 4.67. The highest BCUT2D eigenvalue weighted by molar-refractivity contribution is 6.33. The van der Waals surface area contributed by atoms with Crippen molar-refractivity contribution in [2.75, 3.05) is 0 Å². The van der Waals surface area contributed by atoms with E-state index in [1.165, 1.54) is 18.2 Å². The largest absolute Gasteiger partial charge is 0.349 e. The average molecular weight is 271 g/mol. The van der Waals surface area contributed by atoms with Crippen LogP contribution >= 0.6 is 11.6 Å². The first-order valence-corrected chi connectivity index (χ1v) is 5.95. The van der Waals surface area contributed by atoms with Crippen molar-refractivity contribution in [2.45, 2.75) is 26.8 Å². The van der Waals surface area contributed by atoms with Crippen LogP contribution in [0.4, 0.5) is 5.69 Å². The Morgan fingerprint density at radius 2 is 2.00 bits per heavy atom. The van der Waals surface area contributed by atoms with Gasteiger partial charge < -0.3 is 5.32 Å². The van der Waals surface area contributed by atoms with E-state index in [2.05, 4.69) is 5.32 Å². The fourth-order valence-electron chi connectivity index (χ4n) is 1.25. The van der Waals surface area contributed by atoms with E-state index in [-0.39, 0.29) is 22.7 Å². The summed E-state index contributed by atoms with van der Waals surface area (Å²) in [6.07, 6.45) is 0. The molecule has 0 spiro atoms. The summed E-state index contributed by atoms with van der Waals surface area (Å²) in [6.45, 7) is 5.89. The number of halogens is 1. The van der Waals surface area contributed by atoms with E-state index in [0.717, 1.165) is 0 Å². The number of hydrogen-bond acceptors (Lipinski definition) is 3. The summed E-state index contributed by atoms with van der Waals surface area (Å²) in [6, 6.07) is 3.96. The van der Waals surface area contributed by atoms with Gasteiger partial charge in [0.15, 0.2) is 0 Å². The van der Waals surface area contributed by atoms with Crippen LogP contribution < -0.4 is 5.32 Å². The first kappa shape index (κ1) is 14.4. The van der Waals surface area contributed by atoms with Crippen LogP contribution in [0.2, 0.25) is 5.02 Å². The van der Waals surface area contributed by atoms with Gasteiger partial charge >= 0.3 is 0 Å². The molecule has 0 saturated heterocycles. The van der Waals surface area contributed by atoms with Gasteiger partial charge in [0.2, 0.25) is 0 Å². The minimum atomic E-state index is -0.583. The molecule has 0 saturated carbocycles. The Hall–Kier alpha value is -1.62. The van der Waals surface area contributed by atoms with Crippen molar-refractivity contribution in [1.82, 2.24) is 5.32 Å². The van der Waals surface area contributed by atoms with Crippen molar-refractivity contribution < 1.29 is 9.72 Å². The minimum absolute atomic E-state index is 0.0199. The molecule has 1 amide bonds. The minimum Gasteiger partial charge on any atom is -0.349 e. The van der Waals surface area contributed by atoms with Gasteiger partial charge in [-0.15, -0.1) is 0 Å². The molecule has 0 fully saturated rings. The zero-order chi connectivity index (χ0) is 13.9. The summed E-state index contributed by atoms with van der Waals surface area (Å²) in [5, 5.41) is 13.4. The first-order chi connectivity index (χ1) is 8.32. The van der Waals surface area contributed by atoms with Crippen molar-refractivity contribution in [3.63, 3.8) is 0 Å². The molecule has 1 unspecified atom stereocenters. The fraction of sp³-hybridized carbons (Fsp3) is 0.417. The average Bonchev–Trinajstić information content (AvgIpc) is 2.27. The molecule has 1 aromatic carbocycles. The molecular weight excluding hydrogens is 256 g/mol. The molecule has 6 heteroatoms. The van der Waals surface area contributed by atoms with Gasteiger partial charge in [-0.1, -0.05) is 25.4 Å². The summed E-state index contributed by atoms with van der Waals surface area (Å²) in [7, 11) is 0. The Bertz CT molecular complexity index is 474. The van der Waals surface area contributed by atoms with Crippen molar-refractivity contribution in [1.29, 1.82) is 0 Å². The number of nitrogens with zero attached hydrogens (tertiary/aromatic N) is 1. The molecule has 5 nitrogen and oxygen atoms in total. The van der Waals surface area contributed by atoms with Gasteiger partial charge in [-0.25, -0.2) is 0 Å². The fourth-order valence-corrected chi connectivity index (χ4v) is 1.50. The van der Waals surface area contributed by atoms with Gasteiger partial charge in [0.1, 0.15) is 5.02 Å². The van der Waals surface area contributed by atoms with Gasteiger partial charge in [-0.3, -0.25) is 14.9 Å². The molecule has 18 heavy (non-hydrogen) atoms. The summed E-state index contributed by atoms with van der Waals surface area (Å²) in [5.74, 6) is 0.0236. The third-order valence-corrected chi connectivity index (χ3v) is 3.07. The molecular formula is C12H15ClN2O3. The monoisotopic (exact) mass is 270 g/mol. The number of amides is 1. The van der Waals surface area contributed by atoms with E-state index in [0.29, 0.717) is 11.5 Å². The molecule has 0 aliphatic heterocycles. The lowest BCUT2D eigenvalue weighted by Crippen LogP contribution is -2.36. The second-order valence-corrected chi connectivity index (χ2v) is 4.84. The van der Waals surface area contributed by atoms with Crippen molar-refractivity contribution in [3.8, 4) is 0 Å². The molecule has 98 valence electrons. The molecule has 1 atom stereocenters. The van der Waals surface area contributed by atoms with E-state index < -0.39 is 4.92 Å². The number of nitro groups is 1. The molecule has 1 rings (SSSR count). The summed E-state index contributed by atoms with van der Waals surface area (Å²) < 4.78 is 0. The van der Waals surface area contributed by atoms with Crippen LogP contribution in [0.15, 0.2) is 18.2 Å². The Balaban J connectivity index is 2.88. The highest BCUT2D eigenvalue weighted by atomic mass is 35.5. The van der Waals surface area contributed by atoms with Crippen LogP contribution in [0.1, 0.15) is 31.1 Å². The number of carbonyl (C=O) groups is 1. The molecule has 0 radical (unpaired) electrons. The summed E-state index contributed by atoms with van der Waals surface area (Å²) in [5.41, 5.74) is 0.114. The number of benzene rings is 1. The molecule has 0 aromatic heterocycles. The molecule has 0 aliphatic rings. The van der Waals surface area contributed by atoms with Crippen LogP contribution in [-0.4, -0.2) is 16.9 Å². The van der Waals surface area contributed by atoms with E-state index in [9.17, 15) is 14.9 Å². The number of rotatable bonds is 4. The molecule has 0 bridgehead atoms. The quantitative estimate of drug-likeness (QED) is 0.675. The van der Waals surface area contributed by atoms with Crippen LogP contribution in [-0.2, 0) is 0 Å². The standard InChI is InChI=1S/C12H15ClN2O3/c1-7(2)8(3)14-12(16)9-4-5-11(15(17)18)10(13)6-9/h4-8H,1-3H3,(H,14,16). The van der Waals surface area contributed by atoms with Gasteiger partial charge in [0, 0.05) is 17.7 Å². The summed E-state index contributed by atoms with van der Waals surface area (Å²) in [4.78, 5) is 21.9. The van der Waals surface area contributed by atoms with Gasteiger partial charge in [0.05, 0.1) is 4.92 Å². The third-order valence-electron chi connectivity index (χ3n) is 2.77. The van der Waals surface area contributed by atoms with Gasteiger partial charge in [-0.05, 0) is 25.0 Å². The lowest BCUT2D eigenvalue weighted by atomic mass is 10.1. The predicted molar refractivity (Wildman–Crippen MR) is 69.9 cm³/mol. The second-order valence-electron chi connectivity index (χ2n) is 4.43. The molecule has 1 aromatic rings. The molecule has 1 N–H and O–H groups in total. The Morgan fingerprint density at radius 3 is 2.44 bits per heavy atom. The number of carbonyl (C=O) groups excluding carboxylic acids is 1. The normalized spacial score (nSPS) is 12.3. The zero-order valence-corrected chi connectivity index (χ0v) is 11.2. The summed E-state index contributed by atoms with van der Waals surface area (Å²) >= 11 is 5.75. The topological polar surface area (TPSA) is 72.2 Å². The van der Waals surface area contributed by atoms with E-state index in [1.807, 2.05) is 20.8 Å². The van der Waals surface area contributed by atoms with E-state index >= 15 is 0 Å². The van der Waals surface area contributed by atoms with Crippen molar-refractivity contribution in [3.05, 3.63) is 38.9 Å². The smallest absolute Gasteiger partial charge is 0.287 e. The van der Waals surface area contributed by atoms with Gasteiger partial charge in [-0.2, -0.15) is 0 Å². The van der Waals surface area contributed by atoms with Crippen molar-refractivity contribution >= 4 is 23.2 Å². The third kappa shape index (κ3) is 3.43. The highest BCUT2D eigenvalue weighted by Crippen LogP contribution is 2.24. The second kappa shape index (κ2) is 5.82. The lowest BCUT2D eigenvalue weighted by Gasteiger charge is -2.17. The number of hydrogen-bond donors (Lipinski definition) is 1. The van der Waals surface area contributed by atoms with Crippen LogP contribution in [0.25, 0.3) is 0 Å². The number of nitrogens with one attached hydrogen (secondary N) is 1. The number of nitro benzene ring substituents is 1.